The Kier molecular flexibility index (Phi) is 13.7. The third-order valence-corrected chi connectivity index (χ3v) is 5.22. The molecule has 1 heterocycles. The van der Waals surface area contributed by atoms with Gasteiger partial charge < -0.3 is 9.67 Å². The maximum atomic E-state index is 10.1. The van der Waals surface area contributed by atoms with E-state index in [1.54, 1.807) is 6.20 Å². The van der Waals surface area contributed by atoms with Crippen molar-refractivity contribution in [3.05, 3.63) is 18.2 Å². The number of hydrogen-bond donors (Lipinski definition) is 1. The van der Waals surface area contributed by atoms with Crippen LogP contribution >= 0.6 is 0 Å². The van der Waals surface area contributed by atoms with Gasteiger partial charge in [0.15, 0.2) is 0 Å². The maximum Gasteiger partial charge on any atom is 0.105 e. The van der Waals surface area contributed by atoms with E-state index in [-0.39, 0.29) is 6.10 Å². The van der Waals surface area contributed by atoms with E-state index < -0.39 is 0 Å². The molecule has 1 aromatic heterocycles. The molecule has 1 rings (SSSR count). The summed E-state index contributed by atoms with van der Waals surface area (Å²) in [5, 5.41) is 10.1. The molecule has 0 spiro atoms. The second-order valence-electron chi connectivity index (χ2n) is 7.67. The standard InChI is InChI=1S/C22H42N2O/c1-3-4-5-6-7-8-9-10-11-12-13-14-15-16-17-22(25)20-24-19-18-23-21(24)2/h18-19,22,25H,3-17,20H2,1-2H3. The van der Waals surface area contributed by atoms with Crippen LogP contribution < -0.4 is 0 Å². The number of imidazole rings is 1. The van der Waals surface area contributed by atoms with E-state index in [9.17, 15) is 5.11 Å². The molecular weight excluding hydrogens is 308 g/mol. The summed E-state index contributed by atoms with van der Waals surface area (Å²) in [4.78, 5) is 4.19. The molecule has 0 amide bonds. The van der Waals surface area contributed by atoms with Crippen molar-refractivity contribution in [1.82, 2.24) is 9.55 Å². The Hall–Kier alpha value is -0.830. The molecule has 25 heavy (non-hydrogen) atoms. The van der Waals surface area contributed by atoms with Crippen LogP contribution in [0.1, 0.15) is 109 Å². The van der Waals surface area contributed by atoms with Gasteiger partial charge in [0, 0.05) is 18.9 Å². The number of unbranched alkanes of at least 4 members (excludes halogenated alkanes) is 13. The van der Waals surface area contributed by atoms with Crippen LogP contribution in [0.3, 0.4) is 0 Å². The molecule has 3 heteroatoms. The van der Waals surface area contributed by atoms with Crippen LogP contribution in [-0.2, 0) is 6.54 Å². The fourth-order valence-electron chi connectivity index (χ4n) is 3.49. The van der Waals surface area contributed by atoms with Crippen molar-refractivity contribution in [3.8, 4) is 0 Å². The lowest BCUT2D eigenvalue weighted by atomic mass is 10.0. The van der Waals surface area contributed by atoms with Gasteiger partial charge in [-0.3, -0.25) is 0 Å². The highest BCUT2D eigenvalue weighted by atomic mass is 16.3. The van der Waals surface area contributed by atoms with E-state index in [1.165, 1.54) is 83.5 Å². The lowest BCUT2D eigenvalue weighted by molar-refractivity contribution is 0.140. The van der Waals surface area contributed by atoms with Gasteiger partial charge in [-0.15, -0.1) is 0 Å². The quantitative estimate of drug-likeness (QED) is 0.329. The zero-order valence-corrected chi connectivity index (χ0v) is 16.9. The number of aryl methyl sites for hydroxylation is 1. The molecule has 0 saturated carbocycles. The minimum Gasteiger partial charge on any atom is -0.391 e. The van der Waals surface area contributed by atoms with Gasteiger partial charge >= 0.3 is 0 Å². The molecule has 0 aromatic carbocycles. The molecule has 0 bridgehead atoms. The lowest BCUT2D eigenvalue weighted by Gasteiger charge is -2.12. The van der Waals surface area contributed by atoms with Crippen molar-refractivity contribution in [2.75, 3.05) is 0 Å². The molecule has 1 atom stereocenters. The Morgan fingerprint density at radius 3 is 1.76 bits per heavy atom. The van der Waals surface area contributed by atoms with Crippen molar-refractivity contribution in [1.29, 1.82) is 0 Å². The van der Waals surface area contributed by atoms with Crippen molar-refractivity contribution in [2.24, 2.45) is 0 Å². The number of rotatable bonds is 17. The number of aliphatic hydroxyl groups is 1. The van der Waals surface area contributed by atoms with Gasteiger partial charge in [-0.2, -0.15) is 0 Å². The molecular formula is C22H42N2O. The van der Waals surface area contributed by atoms with Gasteiger partial charge in [-0.25, -0.2) is 4.98 Å². The Labute approximate surface area is 156 Å². The fraction of sp³-hybridized carbons (Fsp3) is 0.864. The minimum absolute atomic E-state index is 0.231. The smallest absolute Gasteiger partial charge is 0.105 e. The van der Waals surface area contributed by atoms with Gasteiger partial charge in [0.25, 0.3) is 0 Å². The number of aliphatic hydroxyl groups excluding tert-OH is 1. The van der Waals surface area contributed by atoms with E-state index in [2.05, 4.69) is 11.9 Å². The van der Waals surface area contributed by atoms with E-state index in [0.29, 0.717) is 6.54 Å². The first-order chi connectivity index (χ1) is 12.2. The number of aromatic nitrogens is 2. The lowest BCUT2D eigenvalue weighted by Crippen LogP contribution is -2.16. The van der Waals surface area contributed by atoms with Gasteiger partial charge in [-0.05, 0) is 13.3 Å². The van der Waals surface area contributed by atoms with Crippen molar-refractivity contribution >= 4 is 0 Å². The Morgan fingerprint density at radius 1 is 0.840 bits per heavy atom. The molecule has 146 valence electrons. The van der Waals surface area contributed by atoms with E-state index in [4.69, 9.17) is 0 Å². The molecule has 0 fully saturated rings. The first kappa shape index (κ1) is 22.2. The van der Waals surface area contributed by atoms with Gasteiger partial charge in [0.2, 0.25) is 0 Å². The zero-order chi connectivity index (χ0) is 18.2. The van der Waals surface area contributed by atoms with Crippen molar-refractivity contribution < 1.29 is 5.11 Å². The highest BCUT2D eigenvalue weighted by Crippen LogP contribution is 2.14. The molecule has 0 radical (unpaired) electrons. The summed E-state index contributed by atoms with van der Waals surface area (Å²) in [6.07, 6.45) is 23.7. The monoisotopic (exact) mass is 350 g/mol. The number of hydrogen-bond acceptors (Lipinski definition) is 2. The summed E-state index contributed by atoms with van der Waals surface area (Å²) in [6, 6.07) is 0. The second-order valence-corrected chi connectivity index (χ2v) is 7.67. The fourth-order valence-corrected chi connectivity index (χ4v) is 3.49. The normalized spacial score (nSPS) is 12.6. The van der Waals surface area contributed by atoms with Crippen LogP contribution in [0.25, 0.3) is 0 Å². The summed E-state index contributed by atoms with van der Waals surface area (Å²) in [7, 11) is 0. The van der Waals surface area contributed by atoms with Crippen molar-refractivity contribution in [3.63, 3.8) is 0 Å². The van der Waals surface area contributed by atoms with Crippen LogP contribution in [0.4, 0.5) is 0 Å². The minimum atomic E-state index is -0.231. The molecule has 1 aromatic rings. The highest BCUT2D eigenvalue weighted by molar-refractivity contribution is 4.88. The molecule has 0 aliphatic heterocycles. The topological polar surface area (TPSA) is 38.0 Å². The summed E-state index contributed by atoms with van der Waals surface area (Å²) in [6.45, 7) is 4.95. The van der Waals surface area contributed by atoms with Gasteiger partial charge in [-0.1, -0.05) is 96.8 Å². The van der Waals surface area contributed by atoms with Crippen LogP contribution in [0, 0.1) is 6.92 Å². The second kappa shape index (κ2) is 15.4. The van der Waals surface area contributed by atoms with E-state index >= 15 is 0 Å². The predicted octanol–water partition coefficient (Wildman–Crippen LogP) is 6.42. The third kappa shape index (κ3) is 12.2. The molecule has 0 aliphatic rings. The summed E-state index contributed by atoms with van der Waals surface area (Å²) in [5.41, 5.74) is 0. The molecule has 0 saturated heterocycles. The Bertz CT molecular complexity index is 402. The van der Waals surface area contributed by atoms with Crippen LogP contribution in [0.5, 0.6) is 0 Å². The molecule has 3 nitrogen and oxygen atoms in total. The summed E-state index contributed by atoms with van der Waals surface area (Å²) in [5.74, 6) is 0.986. The van der Waals surface area contributed by atoms with Crippen molar-refractivity contribution in [2.45, 2.75) is 123 Å². The van der Waals surface area contributed by atoms with Gasteiger partial charge in [0.1, 0.15) is 5.82 Å². The molecule has 0 aliphatic carbocycles. The summed E-state index contributed by atoms with van der Waals surface area (Å²) < 4.78 is 2.04. The maximum absolute atomic E-state index is 10.1. The summed E-state index contributed by atoms with van der Waals surface area (Å²) >= 11 is 0. The highest BCUT2D eigenvalue weighted by Gasteiger charge is 2.06. The van der Waals surface area contributed by atoms with E-state index in [1.807, 2.05) is 17.7 Å². The van der Waals surface area contributed by atoms with Gasteiger partial charge in [0.05, 0.1) is 6.10 Å². The zero-order valence-electron chi connectivity index (χ0n) is 16.9. The first-order valence-electron chi connectivity index (χ1n) is 10.9. The van der Waals surface area contributed by atoms with Crippen LogP contribution in [-0.4, -0.2) is 20.8 Å². The molecule has 1 unspecified atom stereocenters. The Balaban J connectivity index is 1.79. The van der Waals surface area contributed by atoms with Crippen LogP contribution in [0.15, 0.2) is 12.4 Å². The SMILES string of the molecule is CCCCCCCCCCCCCCCCC(O)Cn1ccnc1C. The third-order valence-electron chi connectivity index (χ3n) is 5.22. The van der Waals surface area contributed by atoms with Crippen LogP contribution in [0.2, 0.25) is 0 Å². The molecule has 1 N–H and O–H groups in total. The average Bonchev–Trinajstić information content (AvgIpc) is 3.00. The van der Waals surface area contributed by atoms with E-state index in [0.717, 1.165) is 18.7 Å². The first-order valence-corrected chi connectivity index (χ1v) is 10.9. The predicted molar refractivity (Wildman–Crippen MR) is 108 cm³/mol. The Morgan fingerprint density at radius 2 is 1.32 bits per heavy atom. The number of nitrogens with zero attached hydrogens (tertiary/aromatic N) is 2. The average molecular weight is 351 g/mol. The largest absolute Gasteiger partial charge is 0.391 e.